The van der Waals surface area contributed by atoms with Crippen LogP contribution in [0.25, 0.3) is 11.3 Å². The first kappa shape index (κ1) is 21.0. The van der Waals surface area contributed by atoms with Gasteiger partial charge >= 0.3 is 6.18 Å². The topological polar surface area (TPSA) is 38.1 Å². The number of carbonyl (C=O) groups is 1. The molecular weight excluding hydrogens is 417 g/mol. The Labute approximate surface area is 174 Å². The molecule has 162 valence electrons. The number of fused-ring (bicyclic) bond motifs is 1. The normalized spacial score (nSPS) is 13.9. The Balaban J connectivity index is 1.77. The fourth-order valence-corrected chi connectivity index (χ4v) is 3.75. The average Bonchev–Trinajstić information content (AvgIpc) is 3.07. The standard InChI is InChI=1S/C22H18F5N3O/c1-13(31)29-9-8-20-18(12-29)21(14-2-5-16(6-3-14)22(25,26)27)28-30(20)11-15-4-7-17(23)10-19(15)24/h2-7,10H,8-9,11-12H2,1H3. The summed E-state index contributed by atoms with van der Waals surface area (Å²) in [4.78, 5) is 13.5. The molecule has 2 heterocycles. The molecule has 0 unspecified atom stereocenters. The highest BCUT2D eigenvalue weighted by Gasteiger charge is 2.31. The summed E-state index contributed by atoms with van der Waals surface area (Å²) in [5, 5.41) is 4.54. The van der Waals surface area contributed by atoms with E-state index in [2.05, 4.69) is 5.10 Å². The Bertz CT molecular complexity index is 1140. The van der Waals surface area contributed by atoms with E-state index in [0.29, 0.717) is 29.8 Å². The summed E-state index contributed by atoms with van der Waals surface area (Å²) in [5.41, 5.74) is 1.85. The number of aromatic nitrogens is 2. The number of amides is 1. The van der Waals surface area contributed by atoms with Crippen LogP contribution in [0, 0.1) is 11.6 Å². The summed E-state index contributed by atoms with van der Waals surface area (Å²) in [6.07, 6.45) is -3.99. The highest BCUT2D eigenvalue weighted by molar-refractivity contribution is 5.74. The lowest BCUT2D eigenvalue weighted by Crippen LogP contribution is -2.34. The molecule has 0 saturated heterocycles. The quantitative estimate of drug-likeness (QED) is 0.555. The van der Waals surface area contributed by atoms with Gasteiger partial charge in [-0.25, -0.2) is 8.78 Å². The number of hydrogen-bond acceptors (Lipinski definition) is 2. The maximum absolute atomic E-state index is 14.2. The van der Waals surface area contributed by atoms with Crippen LogP contribution in [0.5, 0.6) is 0 Å². The Morgan fingerprint density at radius 3 is 2.42 bits per heavy atom. The summed E-state index contributed by atoms with van der Waals surface area (Å²) >= 11 is 0. The summed E-state index contributed by atoms with van der Waals surface area (Å²) in [5.74, 6) is -1.52. The van der Waals surface area contributed by atoms with Gasteiger partial charge in [0.25, 0.3) is 0 Å². The molecule has 0 aliphatic carbocycles. The smallest absolute Gasteiger partial charge is 0.338 e. The Morgan fingerprint density at radius 2 is 1.81 bits per heavy atom. The van der Waals surface area contributed by atoms with E-state index in [1.807, 2.05) is 0 Å². The number of rotatable bonds is 3. The van der Waals surface area contributed by atoms with Crippen molar-refractivity contribution in [2.45, 2.75) is 32.6 Å². The molecule has 0 saturated carbocycles. The van der Waals surface area contributed by atoms with Gasteiger partial charge in [0.1, 0.15) is 11.6 Å². The molecule has 31 heavy (non-hydrogen) atoms. The van der Waals surface area contributed by atoms with Crippen LogP contribution in [0.3, 0.4) is 0 Å². The molecule has 0 atom stereocenters. The van der Waals surface area contributed by atoms with E-state index < -0.39 is 23.4 Å². The molecule has 4 rings (SSSR count). The summed E-state index contributed by atoms with van der Waals surface area (Å²) in [6.45, 7) is 2.19. The summed E-state index contributed by atoms with van der Waals surface area (Å²) in [7, 11) is 0. The van der Waals surface area contributed by atoms with Crippen molar-refractivity contribution < 1.29 is 26.7 Å². The van der Waals surface area contributed by atoms with Crippen molar-refractivity contribution in [2.24, 2.45) is 0 Å². The number of alkyl halides is 3. The van der Waals surface area contributed by atoms with Crippen LogP contribution in [0.15, 0.2) is 42.5 Å². The molecule has 9 heteroatoms. The van der Waals surface area contributed by atoms with Crippen LogP contribution in [-0.2, 0) is 30.5 Å². The Hall–Kier alpha value is -3.23. The lowest BCUT2D eigenvalue weighted by molar-refractivity contribution is -0.137. The zero-order chi connectivity index (χ0) is 22.3. The first-order valence-electron chi connectivity index (χ1n) is 9.59. The minimum absolute atomic E-state index is 0.0369. The molecule has 1 aromatic heterocycles. The van der Waals surface area contributed by atoms with Crippen molar-refractivity contribution in [3.63, 3.8) is 0 Å². The van der Waals surface area contributed by atoms with Crippen LogP contribution in [0.2, 0.25) is 0 Å². The molecule has 3 aromatic rings. The lowest BCUT2D eigenvalue weighted by Gasteiger charge is -2.27. The van der Waals surface area contributed by atoms with E-state index in [1.54, 1.807) is 9.58 Å². The van der Waals surface area contributed by atoms with Gasteiger partial charge in [-0.05, 0) is 18.2 Å². The summed E-state index contributed by atoms with van der Waals surface area (Å²) in [6, 6.07) is 7.91. The van der Waals surface area contributed by atoms with Crippen molar-refractivity contribution >= 4 is 5.91 Å². The van der Waals surface area contributed by atoms with E-state index >= 15 is 0 Å². The molecule has 2 aromatic carbocycles. The van der Waals surface area contributed by atoms with Crippen molar-refractivity contribution in [1.29, 1.82) is 0 Å². The second-order valence-corrected chi connectivity index (χ2v) is 7.43. The fraction of sp³-hybridized carbons (Fsp3) is 0.273. The maximum Gasteiger partial charge on any atom is 0.416 e. The first-order chi connectivity index (χ1) is 14.6. The van der Waals surface area contributed by atoms with Crippen LogP contribution < -0.4 is 0 Å². The molecule has 0 bridgehead atoms. The van der Waals surface area contributed by atoms with E-state index in [0.717, 1.165) is 30.0 Å². The predicted molar refractivity (Wildman–Crippen MR) is 103 cm³/mol. The van der Waals surface area contributed by atoms with E-state index in [9.17, 15) is 26.7 Å². The van der Waals surface area contributed by atoms with Gasteiger partial charge in [-0.3, -0.25) is 9.48 Å². The molecule has 1 amide bonds. The van der Waals surface area contributed by atoms with Crippen molar-refractivity contribution in [2.75, 3.05) is 6.54 Å². The number of carbonyl (C=O) groups excluding carboxylic acids is 1. The van der Waals surface area contributed by atoms with Gasteiger partial charge in [0.15, 0.2) is 0 Å². The lowest BCUT2D eigenvalue weighted by atomic mass is 10.00. The summed E-state index contributed by atoms with van der Waals surface area (Å²) < 4.78 is 67.8. The third-order valence-electron chi connectivity index (χ3n) is 5.40. The molecule has 1 aliphatic heterocycles. The molecular formula is C22H18F5N3O. The van der Waals surface area contributed by atoms with Gasteiger partial charge < -0.3 is 4.90 Å². The zero-order valence-electron chi connectivity index (χ0n) is 16.5. The van der Waals surface area contributed by atoms with E-state index in [-0.39, 0.29) is 24.6 Å². The SMILES string of the molecule is CC(=O)N1CCc2c(c(-c3ccc(C(F)(F)F)cc3)nn2Cc2ccc(F)cc2F)C1. The number of hydrogen-bond donors (Lipinski definition) is 0. The van der Waals surface area contributed by atoms with Gasteiger partial charge in [0.2, 0.25) is 5.91 Å². The average molecular weight is 435 g/mol. The third-order valence-corrected chi connectivity index (χ3v) is 5.40. The van der Waals surface area contributed by atoms with Gasteiger partial charge in [-0.2, -0.15) is 18.3 Å². The van der Waals surface area contributed by atoms with Crippen LogP contribution >= 0.6 is 0 Å². The minimum atomic E-state index is -4.46. The van der Waals surface area contributed by atoms with E-state index in [4.69, 9.17) is 0 Å². The first-order valence-corrected chi connectivity index (χ1v) is 9.59. The van der Waals surface area contributed by atoms with Gasteiger partial charge in [-0.15, -0.1) is 0 Å². The minimum Gasteiger partial charge on any atom is -0.338 e. The molecule has 0 fully saturated rings. The second-order valence-electron chi connectivity index (χ2n) is 7.43. The van der Waals surface area contributed by atoms with Gasteiger partial charge in [-0.1, -0.05) is 18.2 Å². The van der Waals surface area contributed by atoms with Gasteiger partial charge in [0, 0.05) is 54.9 Å². The molecule has 0 spiro atoms. The van der Waals surface area contributed by atoms with E-state index in [1.165, 1.54) is 25.1 Å². The van der Waals surface area contributed by atoms with Gasteiger partial charge in [0.05, 0.1) is 17.8 Å². The highest BCUT2D eigenvalue weighted by atomic mass is 19.4. The zero-order valence-corrected chi connectivity index (χ0v) is 16.5. The van der Waals surface area contributed by atoms with Crippen molar-refractivity contribution in [3.8, 4) is 11.3 Å². The van der Waals surface area contributed by atoms with Crippen molar-refractivity contribution in [1.82, 2.24) is 14.7 Å². The second kappa shape index (κ2) is 7.79. The predicted octanol–water partition coefficient (Wildman–Crippen LogP) is 4.80. The number of benzene rings is 2. The van der Waals surface area contributed by atoms with Crippen molar-refractivity contribution in [3.05, 3.63) is 76.5 Å². The molecule has 1 aliphatic rings. The number of nitrogens with zero attached hydrogens (tertiary/aromatic N) is 3. The van der Waals surface area contributed by atoms with Crippen LogP contribution in [-0.4, -0.2) is 27.1 Å². The van der Waals surface area contributed by atoms with Crippen LogP contribution in [0.4, 0.5) is 22.0 Å². The molecule has 0 N–H and O–H groups in total. The highest BCUT2D eigenvalue weighted by Crippen LogP contribution is 2.34. The Morgan fingerprint density at radius 1 is 1.10 bits per heavy atom. The fourth-order valence-electron chi connectivity index (χ4n) is 3.75. The monoisotopic (exact) mass is 435 g/mol. The largest absolute Gasteiger partial charge is 0.416 e. The maximum atomic E-state index is 14.2. The Kier molecular flexibility index (Phi) is 5.28. The molecule has 0 radical (unpaired) electrons. The third kappa shape index (κ3) is 4.17. The number of halogens is 5. The van der Waals surface area contributed by atoms with Crippen LogP contribution in [0.1, 0.15) is 29.3 Å². The molecule has 4 nitrogen and oxygen atoms in total.